The Labute approximate surface area is 205 Å². The van der Waals surface area contributed by atoms with E-state index in [9.17, 15) is 23.1 Å². The molecule has 2 fully saturated rings. The summed E-state index contributed by atoms with van der Waals surface area (Å²) >= 11 is 0. The van der Waals surface area contributed by atoms with Gasteiger partial charge in [0.25, 0.3) is 0 Å². The second-order valence-electron chi connectivity index (χ2n) is 10.4. The molecule has 0 unspecified atom stereocenters. The van der Waals surface area contributed by atoms with Crippen LogP contribution in [-0.4, -0.2) is 35.2 Å². The van der Waals surface area contributed by atoms with E-state index < -0.39 is 17.7 Å². The number of alkyl halides is 3. The summed E-state index contributed by atoms with van der Waals surface area (Å²) in [5, 5.41) is 9.91. The quantitative estimate of drug-likeness (QED) is 0.437. The molecule has 1 saturated carbocycles. The number of fused-ring (bicyclic) bond motifs is 1. The standard InChI is InChI=1S/C28H36F3NO3/c1-3-24(32-14-4-5-19(17-32)15-26(33)34)21-8-12-23-20(16-21)9-13-25(27(23)28(29,30)31)35-22-10-6-18(2)7-11-22/h8-9,12-13,16,18-19,22,24H,3-7,10-11,14-15,17H2,1-2H3,(H,33,34)/t18-,19-,22+,24-/m1/s1. The summed E-state index contributed by atoms with van der Waals surface area (Å²) < 4.78 is 48.6. The van der Waals surface area contributed by atoms with Crippen LogP contribution >= 0.6 is 0 Å². The summed E-state index contributed by atoms with van der Waals surface area (Å²) in [6, 6.07) is 8.53. The molecule has 1 heterocycles. The van der Waals surface area contributed by atoms with Gasteiger partial charge in [0, 0.05) is 19.0 Å². The highest BCUT2D eigenvalue weighted by molar-refractivity contribution is 5.89. The van der Waals surface area contributed by atoms with Gasteiger partial charge in [-0.3, -0.25) is 9.69 Å². The van der Waals surface area contributed by atoms with E-state index in [0.717, 1.165) is 57.1 Å². The lowest BCUT2D eigenvalue weighted by Gasteiger charge is -2.38. The first-order valence-corrected chi connectivity index (χ1v) is 12.9. The zero-order valence-corrected chi connectivity index (χ0v) is 20.6. The average Bonchev–Trinajstić information content (AvgIpc) is 2.80. The number of aliphatic carboxylic acids is 1. The van der Waals surface area contributed by atoms with Gasteiger partial charge in [0.1, 0.15) is 11.3 Å². The van der Waals surface area contributed by atoms with E-state index in [1.807, 2.05) is 6.07 Å². The van der Waals surface area contributed by atoms with Crippen LogP contribution in [0.15, 0.2) is 30.3 Å². The van der Waals surface area contributed by atoms with Crippen LogP contribution < -0.4 is 4.74 Å². The van der Waals surface area contributed by atoms with Gasteiger partial charge in [0.15, 0.2) is 0 Å². The fraction of sp³-hybridized carbons (Fsp3) is 0.607. The molecule has 2 aromatic rings. The van der Waals surface area contributed by atoms with Crippen LogP contribution in [0.25, 0.3) is 10.8 Å². The van der Waals surface area contributed by atoms with E-state index in [1.165, 1.54) is 6.07 Å². The maximum absolute atomic E-state index is 14.2. The Morgan fingerprint density at radius 3 is 2.54 bits per heavy atom. The first-order valence-electron chi connectivity index (χ1n) is 12.9. The third-order valence-electron chi connectivity index (χ3n) is 7.77. The van der Waals surface area contributed by atoms with Crippen molar-refractivity contribution in [2.24, 2.45) is 11.8 Å². The first-order chi connectivity index (χ1) is 16.7. The Kier molecular flexibility index (Phi) is 7.94. The normalized spacial score (nSPS) is 24.9. The molecule has 192 valence electrons. The molecule has 4 nitrogen and oxygen atoms in total. The number of ether oxygens (including phenoxy) is 1. The highest BCUT2D eigenvalue weighted by atomic mass is 19.4. The van der Waals surface area contributed by atoms with Crippen molar-refractivity contribution in [3.63, 3.8) is 0 Å². The Balaban J connectivity index is 1.62. The van der Waals surface area contributed by atoms with Crippen LogP contribution in [0.3, 0.4) is 0 Å². The third-order valence-corrected chi connectivity index (χ3v) is 7.77. The lowest BCUT2D eigenvalue weighted by atomic mass is 9.89. The molecule has 2 aromatic carbocycles. The van der Waals surface area contributed by atoms with E-state index in [2.05, 4.69) is 18.7 Å². The fourth-order valence-electron chi connectivity index (χ4n) is 5.95. The van der Waals surface area contributed by atoms with Crippen molar-refractivity contribution < 1.29 is 27.8 Å². The maximum Gasteiger partial charge on any atom is 0.420 e. The molecule has 2 aliphatic rings. The lowest BCUT2D eigenvalue weighted by molar-refractivity contribution is -0.139. The predicted molar refractivity (Wildman–Crippen MR) is 131 cm³/mol. The van der Waals surface area contributed by atoms with Gasteiger partial charge in [-0.05, 0) is 91.8 Å². The molecular formula is C28H36F3NO3. The van der Waals surface area contributed by atoms with Crippen molar-refractivity contribution in [2.45, 2.75) is 83.5 Å². The van der Waals surface area contributed by atoms with Crippen LogP contribution in [0.1, 0.15) is 82.4 Å². The number of carboxylic acid groups (broad SMARTS) is 1. The molecule has 1 saturated heterocycles. The Morgan fingerprint density at radius 2 is 1.89 bits per heavy atom. The number of benzene rings is 2. The predicted octanol–water partition coefficient (Wildman–Crippen LogP) is 7.45. The van der Waals surface area contributed by atoms with Crippen molar-refractivity contribution in [1.82, 2.24) is 4.90 Å². The van der Waals surface area contributed by atoms with Crippen molar-refractivity contribution in [3.05, 3.63) is 41.5 Å². The van der Waals surface area contributed by atoms with Crippen molar-refractivity contribution in [3.8, 4) is 5.75 Å². The highest BCUT2D eigenvalue weighted by Gasteiger charge is 2.37. The number of likely N-dealkylation sites (tertiary alicyclic amines) is 1. The summed E-state index contributed by atoms with van der Waals surface area (Å²) in [5.41, 5.74) is 0.284. The van der Waals surface area contributed by atoms with Crippen LogP contribution in [0.5, 0.6) is 5.75 Å². The minimum Gasteiger partial charge on any atom is -0.490 e. The second-order valence-corrected chi connectivity index (χ2v) is 10.4. The topological polar surface area (TPSA) is 49.8 Å². The second kappa shape index (κ2) is 10.8. The molecule has 0 amide bonds. The molecule has 2 atom stereocenters. The Morgan fingerprint density at radius 1 is 1.14 bits per heavy atom. The zero-order chi connectivity index (χ0) is 25.2. The number of hydrogen-bond acceptors (Lipinski definition) is 3. The third kappa shape index (κ3) is 6.11. The Hall–Kier alpha value is -2.28. The fourth-order valence-corrected chi connectivity index (χ4v) is 5.95. The van der Waals surface area contributed by atoms with Gasteiger partial charge in [0.2, 0.25) is 0 Å². The lowest BCUT2D eigenvalue weighted by Crippen LogP contribution is -2.38. The number of halogens is 3. The summed E-state index contributed by atoms with van der Waals surface area (Å²) in [6.07, 6.45) is 1.62. The zero-order valence-electron chi connectivity index (χ0n) is 20.6. The number of carbonyl (C=O) groups is 1. The molecule has 0 radical (unpaired) electrons. The Bertz CT molecular complexity index is 1030. The summed E-state index contributed by atoms with van der Waals surface area (Å²) in [5.74, 6) is -0.152. The monoisotopic (exact) mass is 491 g/mol. The maximum atomic E-state index is 14.2. The van der Waals surface area contributed by atoms with Crippen LogP contribution in [0.4, 0.5) is 13.2 Å². The number of piperidine rings is 1. The van der Waals surface area contributed by atoms with Gasteiger partial charge in [-0.25, -0.2) is 0 Å². The number of nitrogens with zero attached hydrogens (tertiary/aromatic N) is 1. The summed E-state index contributed by atoms with van der Waals surface area (Å²) in [6.45, 7) is 5.81. The molecular weight excluding hydrogens is 455 g/mol. The summed E-state index contributed by atoms with van der Waals surface area (Å²) in [4.78, 5) is 13.5. The van der Waals surface area contributed by atoms with Gasteiger partial charge in [-0.1, -0.05) is 32.0 Å². The molecule has 7 heteroatoms. The molecule has 4 rings (SSSR count). The van der Waals surface area contributed by atoms with Gasteiger partial charge in [-0.15, -0.1) is 0 Å². The van der Waals surface area contributed by atoms with Crippen molar-refractivity contribution in [1.29, 1.82) is 0 Å². The molecule has 1 aliphatic carbocycles. The minimum absolute atomic E-state index is 0.0467. The van der Waals surface area contributed by atoms with Crippen LogP contribution in [-0.2, 0) is 11.0 Å². The van der Waals surface area contributed by atoms with Gasteiger partial charge in [0.05, 0.1) is 6.10 Å². The van der Waals surface area contributed by atoms with E-state index in [-0.39, 0.29) is 35.6 Å². The number of carboxylic acids is 1. The van der Waals surface area contributed by atoms with E-state index in [0.29, 0.717) is 17.8 Å². The van der Waals surface area contributed by atoms with Crippen LogP contribution in [0, 0.1) is 11.8 Å². The first kappa shape index (κ1) is 25.8. The largest absolute Gasteiger partial charge is 0.490 e. The summed E-state index contributed by atoms with van der Waals surface area (Å²) in [7, 11) is 0. The smallest absolute Gasteiger partial charge is 0.420 e. The molecule has 1 aliphatic heterocycles. The van der Waals surface area contributed by atoms with E-state index in [4.69, 9.17) is 4.74 Å². The van der Waals surface area contributed by atoms with Crippen molar-refractivity contribution in [2.75, 3.05) is 13.1 Å². The van der Waals surface area contributed by atoms with Gasteiger partial charge < -0.3 is 9.84 Å². The molecule has 35 heavy (non-hydrogen) atoms. The molecule has 0 aromatic heterocycles. The minimum atomic E-state index is -4.51. The average molecular weight is 492 g/mol. The highest BCUT2D eigenvalue weighted by Crippen LogP contribution is 2.43. The SMILES string of the molecule is CC[C@H](c1ccc2c(C(F)(F)F)c(O[C@H]3CC[C@@H](C)CC3)ccc2c1)N1CCC[C@H](CC(=O)O)C1. The van der Waals surface area contributed by atoms with Crippen molar-refractivity contribution >= 4 is 16.7 Å². The number of hydrogen-bond donors (Lipinski definition) is 1. The van der Waals surface area contributed by atoms with E-state index in [1.54, 1.807) is 18.2 Å². The van der Waals surface area contributed by atoms with Gasteiger partial charge >= 0.3 is 12.1 Å². The van der Waals surface area contributed by atoms with Crippen LogP contribution in [0.2, 0.25) is 0 Å². The molecule has 1 N–H and O–H groups in total. The van der Waals surface area contributed by atoms with E-state index >= 15 is 0 Å². The molecule has 0 spiro atoms. The molecule has 0 bridgehead atoms. The van der Waals surface area contributed by atoms with Gasteiger partial charge in [-0.2, -0.15) is 13.2 Å². The number of rotatable bonds is 7.